The van der Waals surface area contributed by atoms with Gasteiger partial charge in [-0.1, -0.05) is 28.9 Å². The summed E-state index contributed by atoms with van der Waals surface area (Å²) >= 11 is 3.43. The second-order valence-electron chi connectivity index (χ2n) is 5.77. The van der Waals surface area contributed by atoms with Crippen LogP contribution in [0.4, 0.5) is 0 Å². The van der Waals surface area contributed by atoms with Crippen LogP contribution in [0.3, 0.4) is 0 Å². The second-order valence-corrected chi connectivity index (χ2v) is 6.68. The number of carbonyl (C=O) groups is 1. The van der Waals surface area contributed by atoms with Crippen molar-refractivity contribution in [1.82, 2.24) is 10.6 Å². The molecule has 0 aliphatic heterocycles. The third-order valence-corrected chi connectivity index (χ3v) is 4.09. The number of nitrogens with one attached hydrogen (secondary N) is 2. The molecule has 0 saturated carbocycles. The van der Waals surface area contributed by atoms with E-state index in [1.54, 1.807) is 0 Å². The van der Waals surface area contributed by atoms with E-state index in [0.29, 0.717) is 0 Å². The largest absolute Gasteiger partial charge is 0.483 e. The van der Waals surface area contributed by atoms with E-state index >= 15 is 0 Å². The van der Waals surface area contributed by atoms with Crippen molar-refractivity contribution in [3.05, 3.63) is 28.2 Å². The Bertz CT molecular complexity index is 489. The van der Waals surface area contributed by atoms with E-state index in [-0.39, 0.29) is 24.1 Å². The van der Waals surface area contributed by atoms with Gasteiger partial charge < -0.3 is 15.4 Å². The molecule has 4 nitrogen and oxygen atoms in total. The highest BCUT2D eigenvalue weighted by atomic mass is 79.9. The van der Waals surface area contributed by atoms with Gasteiger partial charge in [-0.3, -0.25) is 4.79 Å². The van der Waals surface area contributed by atoms with Gasteiger partial charge in [-0.2, -0.15) is 0 Å². The van der Waals surface area contributed by atoms with Crippen LogP contribution in [0, 0.1) is 0 Å². The highest BCUT2D eigenvalue weighted by Crippen LogP contribution is 2.28. The zero-order valence-electron chi connectivity index (χ0n) is 13.4. The first-order valence-corrected chi connectivity index (χ1v) is 7.99. The smallest absolute Gasteiger partial charge is 0.258 e. The van der Waals surface area contributed by atoms with E-state index in [4.69, 9.17) is 4.74 Å². The summed E-state index contributed by atoms with van der Waals surface area (Å²) in [4.78, 5) is 12.0. The van der Waals surface area contributed by atoms with Crippen LogP contribution in [0.1, 0.15) is 45.7 Å². The lowest BCUT2D eigenvalue weighted by Crippen LogP contribution is -2.45. The van der Waals surface area contributed by atoms with Crippen LogP contribution in [-0.2, 0) is 4.79 Å². The number of carbonyl (C=O) groups excluding carboxylic acids is 1. The van der Waals surface area contributed by atoms with Gasteiger partial charge in [0.15, 0.2) is 6.61 Å². The number of amides is 1. The fraction of sp³-hybridized carbons (Fsp3) is 0.562. The van der Waals surface area contributed by atoms with Crippen molar-refractivity contribution < 1.29 is 9.53 Å². The number of rotatable bonds is 7. The summed E-state index contributed by atoms with van der Waals surface area (Å²) in [5.41, 5.74) is 0.821. The third-order valence-electron chi connectivity index (χ3n) is 3.60. The van der Waals surface area contributed by atoms with Crippen molar-refractivity contribution in [3.8, 4) is 5.75 Å². The Hall–Kier alpha value is -1.07. The molecule has 1 aromatic rings. The number of benzene rings is 1. The molecule has 21 heavy (non-hydrogen) atoms. The van der Waals surface area contributed by atoms with Crippen LogP contribution < -0.4 is 15.4 Å². The summed E-state index contributed by atoms with van der Waals surface area (Å²) in [6.07, 6.45) is 0.873. The Kier molecular flexibility index (Phi) is 6.68. The fourth-order valence-electron chi connectivity index (χ4n) is 1.79. The molecule has 0 aliphatic carbocycles. The maximum absolute atomic E-state index is 12.0. The highest BCUT2D eigenvalue weighted by Gasteiger charge is 2.18. The van der Waals surface area contributed by atoms with Gasteiger partial charge in [0.1, 0.15) is 5.75 Å². The predicted molar refractivity (Wildman–Crippen MR) is 89.6 cm³/mol. The van der Waals surface area contributed by atoms with Crippen molar-refractivity contribution in [1.29, 1.82) is 0 Å². The summed E-state index contributed by atoms with van der Waals surface area (Å²) in [5.74, 6) is 0.612. The van der Waals surface area contributed by atoms with Crippen molar-refractivity contribution in [2.45, 2.75) is 45.7 Å². The SMILES string of the molecule is CCC(C)(C)NC(=O)COc1cc(Br)ccc1C(C)NC. The topological polar surface area (TPSA) is 50.4 Å². The van der Waals surface area contributed by atoms with E-state index < -0.39 is 0 Å². The lowest BCUT2D eigenvalue weighted by molar-refractivity contribution is -0.124. The van der Waals surface area contributed by atoms with E-state index in [1.165, 1.54) is 0 Å². The monoisotopic (exact) mass is 356 g/mol. The molecular weight excluding hydrogens is 332 g/mol. The van der Waals surface area contributed by atoms with Crippen LogP contribution >= 0.6 is 15.9 Å². The Labute approximate surface area is 135 Å². The lowest BCUT2D eigenvalue weighted by Gasteiger charge is -2.24. The third kappa shape index (κ3) is 5.67. The van der Waals surface area contributed by atoms with Gasteiger partial charge in [-0.05, 0) is 46.4 Å². The molecule has 2 N–H and O–H groups in total. The molecule has 0 saturated heterocycles. The van der Waals surface area contributed by atoms with E-state index in [0.717, 1.165) is 22.2 Å². The minimum Gasteiger partial charge on any atom is -0.483 e. The highest BCUT2D eigenvalue weighted by molar-refractivity contribution is 9.10. The fourth-order valence-corrected chi connectivity index (χ4v) is 2.13. The van der Waals surface area contributed by atoms with Gasteiger partial charge in [0, 0.05) is 21.6 Å². The summed E-state index contributed by atoms with van der Waals surface area (Å²) in [6.45, 7) is 8.11. The molecule has 1 aromatic carbocycles. The molecule has 5 heteroatoms. The standard InChI is InChI=1S/C16H25BrN2O2/c1-6-16(3,4)19-15(20)10-21-14-9-12(17)7-8-13(14)11(2)18-5/h7-9,11,18H,6,10H2,1-5H3,(H,19,20). The molecule has 0 radical (unpaired) electrons. The Morgan fingerprint density at radius 1 is 1.43 bits per heavy atom. The summed E-state index contributed by atoms with van der Waals surface area (Å²) in [7, 11) is 1.90. The molecule has 0 heterocycles. The molecule has 1 unspecified atom stereocenters. The minimum absolute atomic E-state index is 0.0172. The van der Waals surface area contributed by atoms with Crippen molar-refractivity contribution in [2.75, 3.05) is 13.7 Å². The van der Waals surface area contributed by atoms with Crippen LogP contribution in [0.25, 0.3) is 0 Å². The van der Waals surface area contributed by atoms with Gasteiger partial charge in [0.25, 0.3) is 5.91 Å². The first kappa shape index (κ1) is 18.0. The normalized spacial score (nSPS) is 12.9. The number of ether oxygens (including phenoxy) is 1. The van der Waals surface area contributed by atoms with Crippen molar-refractivity contribution >= 4 is 21.8 Å². The molecule has 1 rings (SSSR count). The molecule has 0 aromatic heterocycles. The van der Waals surface area contributed by atoms with Gasteiger partial charge in [0.2, 0.25) is 0 Å². The first-order chi connectivity index (χ1) is 9.79. The Morgan fingerprint density at radius 3 is 2.67 bits per heavy atom. The molecule has 0 fully saturated rings. The molecule has 1 atom stereocenters. The van der Waals surface area contributed by atoms with Crippen molar-refractivity contribution in [3.63, 3.8) is 0 Å². The average molecular weight is 357 g/mol. The van der Waals surface area contributed by atoms with E-state index in [1.807, 2.05) is 46.0 Å². The Morgan fingerprint density at radius 2 is 2.10 bits per heavy atom. The van der Waals surface area contributed by atoms with E-state index in [9.17, 15) is 4.79 Å². The summed E-state index contributed by atoms with van der Waals surface area (Å²) in [6, 6.07) is 6.01. The van der Waals surface area contributed by atoms with Gasteiger partial charge in [-0.25, -0.2) is 0 Å². The minimum atomic E-state index is -0.210. The Balaban J connectivity index is 2.74. The quantitative estimate of drug-likeness (QED) is 0.786. The van der Waals surface area contributed by atoms with Crippen LogP contribution in [0.15, 0.2) is 22.7 Å². The first-order valence-electron chi connectivity index (χ1n) is 7.19. The maximum atomic E-state index is 12.0. The number of hydrogen-bond acceptors (Lipinski definition) is 3. The summed E-state index contributed by atoms with van der Waals surface area (Å²) in [5, 5.41) is 6.14. The zero-order valence-corrected chi connectivity index (χ0v) is 15.0. The maximum Gasteiger partial charge on any atom is 0.258 e. The molecular formula is C16H25BrN2O2. The van der Waals surface area contributed by atoms with Gasteiger partial charge in [0.05, 0.1) is 0 Å². The molecule has 0 bridgehead atoms. The second kappa shape index (κ2) is 7.80. The molecule has 0 spiro atoms. The van der Waals surface area contributed by atoms with Gasteiger partial charge >= 0.3 is 0 Å². The van der Waals surface area contributed by atoms with E-state index in [2.05, 4.69) is 33.5 Å². The molecule has 1 amide bonds. The lowest BCUT2D eigenvalue weighted by atomic mass is 10.0. The molecule has 0 aliphatic rings. The summed E-state index contributed by atoms with van der Waals surface area (Å²) < 4.78 is 6.64. The van der Waals surface area contributed by atoms with Crippen LogP contribution in [0.2, 0.25) is 0 Å². The number of hydrogen-bond donors (Lipinski definition) is 2. The number of halogens is 1. The van der Waals surface area contributed by atoms with Gasteiger partial charge in [-0.15, -0.1) is 0 Å². The van der Waals surface area contributed by atoms with Crippen LogP contribution in [0.5, 0.6) is 5.75 Å². The average Bonchev–Trinajstić information content (AvgIpc) is 2.44. The van der Waals surface area contributed by atoms with Crippen molar-refractivity contribution in [2.24, 2.45) is 0 Å². The molecule has 118 valence electrons. The van der Waals surface area contributed by atoms with Crippen LogP contribution in [-0.4, -0.2) is 25.1 Å². The zero-order chi connectivity index (χ0) is 16.0. The predicted octanol–water partition coefficient (Wildman–Crippen LogP) is 3.41.